The zero-order chi connectivity index (χ0) is 15.6. The topological polar surface area (TPSA) is 29.1 Å². The van der Waals surface area contributed by atoms with E-state index >= 15 is 0 Å². The van der Waals surface area contributed by atoms with E-state index in [4.69, 9.17) is 0 Å². The maximum atomic E-state index is 13.4. The average molecular weight is 301 g/mol. The van der Waals surface area contributed by atoms with Crippen molar-refractivity contribution in [1.82, 2.24) is 0 Å². The fourth-order valence-corrected chi connectivity index (χ4v) is 1.65. The van der Waals surface area contributed by atoms with Gasteiger partial charge in [-0.15, -0.1) is 0 Å². The predicted molar refractivity (Wildman–Crippen MR) is 65.8 cm³/mol. The number of alkyl halides is 3. The van der Waals surface area contributed by atoms with Crippen molar-refractivity contribution in [3.8, 4) is 0 Å². The molecule has 0 aliphatic heterocycles. The van der Waals surface area contributed by atoms with Gasteiger partial charge in [0.05, 0.1) is 11.1 Å². The molecule has 1 amide bonds. The van der Waals surface area contributed by atoms with E-state index in [2.05, 4.69) is 5.32 Å². The van der Waals surface area contributed by atoms with E-state index in [0.717, 1.165) is 30.3 Å². The van der Waals surface area contributed by atoms with Gasteiger partial charge >= 0.3 is 6.18 Å². The average Bonchev–Trinajstić information content (AvgIpc) is 2.41. The molecular weight excluding hydrogens is 293 g/mol. The van der Waals surface area contributed by atoms with Crippen LogP contribution in [-0.4, -0.2) is 5.91 Å². The molecule has 7 heteroatoms. The zero-order valence-corrected chi connectivity index (χ0v) is 10.3. The van der Waals surface area contributed by atoms with Gasteiger partial charge in [0.15, 0.2) is 11.6 Å². The van der Waals surface area contributed by atoms with Crippen molar-refractivity contribution in [1.29, 1.82) is 0 Å². The summed E-state index contributed by atoms with van der Waals surface area (Å²) >= 11 is 0. The molecule has 0 spiro atoms. The quantitative estimate of drug-likeness (QED) is 0.826. The van der Waals surface area contributed by atoms with E-state index in [1.165, 1.54) is 6.07 Å². The summed E-state index contributed by atoms with van der Waals surface area (Å²) in [6.07, 6.45) is -4.56. The molecule has 1 N–H and O–H groups in total. The van der Waals surface area contributed by atoms with Crippen LogP contribution in [0.1, 0.15) is 15.9 Å². The first kappa shape index (κ1) is 15.0. The Morgan fingerprint density at radius 2 is 1.67 bits per heavy atom. The van der Waals surface area contributed by atoms with Gasteiger partial charge in [-0.25, -0.2) is 8.78 Å². The van der Waals surface area contributed by atoms with E-state index in [1.807, 2.05) is 0 Å². The number of hydrogen-bond acceptors (Lipinski definition) is 1. The molecule has 0 aromatic heterocycles. The third kappa shape index (κ3) is 3.36. The van der Waals surface area contributed by atoms with Crippen molar-refractivity contribution in [2.24, 2.45) is 0 Å². The van der Waals surface area contributed by atoms with Crippen molar-refractivity contribution >= 4 is 11.6 Å². The molecule has 0 aliphatic rings. The molecule has 0 atom stereocenters. The van der Waals surface area contributed by atoms with Gasteiger partial charge < -0.3 is 5.32 Å². The number of rotatable bonds is 2. The van der Waals surface area contributed by atoms with E-state index in [-0.39, 0.29) is 5.69 Å². The van der Waals surface area contributed by atoms with Gasteiger partial charge in [0, 0.05) is 5.69 Å². The second-order valence-corrected chi connectivity index (χ2v) is 4.13. The standard InChI is InChI=1S/C14H8F5NO/c15-11-6-2-5-10(12(11)16)13(21)20-9-4-1-3-8(7-9)14(17,18)19/h1-7H,(H,20,21). The van der Waals surface area contributed by atoms with Gasteiger partial charge in [0.25, 0.3) is 5.91 Å². The zero-order valence-electron chi connectivity index (χ0n) is 10.3. The van der Waals surface area contributed by atoms with Crippen LogP contribution in [-0.2, 0) is 6.18 Å². The van der Waals surface area contributed by atoms with Gasteiger partial charge in [-0.2, -0.15) is 13.2 Å². The SMILES string of the molecule is O=C(Nc1cccc(C(F)(F)F)c1)c1cccc(F)c1F. The first-order valence-electron chi connectivity index (χ1n) is 5.71. The smallest absolute Gasteiger partial charge is 0.322 e. The molecule has 0 unspecified atom stereocenters. The number of carbonyl (C=O) groups excluding carboxylic acids is 1. The lowest BCUT2D eigenvalue weighted by Crippen LogP contribution is -2.15. The Balaban J connectivity index is 2.26. The molecule has 0 saturated heterocycles. The molecule has 2 nitrogen and oxygen atoms in total. The normalized spacial score (nSPS) is 11.3. The predicted octanol–water partition coefficient (Wildman–Crippen LogP) is 4.24. The van der Waals surface area contributed by atoms with Crippen molar-refractivity contribution in [3.63, 3.8) is 0 Å². The fraction of sp³-hybridized carbons (Fsp3) is 0.0714. The lowest BCUT2D eigenvalue weighted by atomic mass is 10.1. The summed E-state index contributed by atoms with van der Waals surface area (Å²) in [7, 11) is 0. The van der Waals surface area contributed by atoms with Crippen LogP contribution in [0.2, 0.25) is 0 Å². The summed E-state index contributed by atoms with van der Waals surface area (Å²) in [5, 5.41) is 2.09. The van der Waals surface area contributed by atoms with Crippen LogP contribution >= 0.6 is 0 Å². The van der Waals surface area contributed by atoms with Crippen molar-refractivity contribution in [2.75, 3.05) is 5.32 Å². The highest BCUT2D eigenvalue weighted by Gasteiger charge is 2.30. The largest absolute Gasteiger partial charge is 0.416 e. The highest BCUT2D eigenvalue weighted by atomic mass is 19.4. The molecular formula is C14H8F5NO. The minimum atomic E-state index is -4.56. The van der Waals surface area contributed by atoms with Gasteiger partial charge in [0.2, 0.25) is 0 Å². The third-order valence-electron chi connectivity index (χ3n) is 2.64. The van der Waals surface area contributed by atoms with Crippen LogP contribution in [0.4, 0.5) is 27.6 Å². The van der Waals surface area contributed by atoms with Crippen molar-refractivity contribution < 1.29 is 26.7 Å². The molecule has 0 heterocycles. The molecule has 2 aromatic rings. The summed E-state index contributed by atoms with van der Waals surface area (Å²) in [5.74, 6) is -3.61. The molecule has 110 valence electrons. The summed E-state index contributed by atoms with van der Waals surface area (Å²) in [6, 6.07) is 6.83. The molecule has 0 bridgehead atoms. The van der Waals surface area contributed by atoms with Crippen LogP contribution in [0.25, 0.3) is 0 Å². The molecule has 2 aromatic carbocycles. The lowest BCUT2D eigenvalue weighted by Gasteiger charge is -2.10. The second-order valence-electron chi connectivity index (χ2n) is 4.13. The van der Waals surface area contributed by atoms with E-state index in [9.17, 15) is 26.7 Å². The van der Waals surface area contributed by atoms with E-state index in [0.29, 0.717) is 6.07 Å². The Kier molecular flexibility index (Phi) is 3.93. The van der Waals surface area contributed by atoms with Gasteiger partial charge in [-0.1, -0.05) is 12.1 Å². The van der Waals surface area contributed by atoms with Crippen LogP contribution < -0.4 is 5.32 Å². The van der Waals surface area contributed by atoms with Gasteiger partial charge in [-0.3, -0.25) is 4.79 Å². The van der Waals surface area contributed by atoms with Gasteiger partial charge in [-0.05, 0) is 30.3 Å². The Hall–Kier alpha value is -2.44. The van der Waals surface area contributed by atoms with Crippen molar-refractivity contribution in [3.05, 3.63) is 65.2 Å². The highest BCUT2D eigenvalue weighted by molar-refractivity contribution is 6.04. The Morgan fingerprint density at radius 3 is 2.33 bits per heavy atom. The highest BCUT2D eigenvalue weighted by Crippen LogP contribution is 2.30. The Morgan fingerprint density at radius 1 is 1.00 bits per heavy atom. The van der Waals surface area contributed by atoms with Crippen molar-refractivity contribution in [2.45, 2.75) is 6.18 Å². The number of amides is 1. The number of carbonyl (C=O) groups is 1. The maximum Gasteiger partial charge on any atom is 0.416 e. The maximum absolute atomic E-state index is 13.4. The number of benzene rings is 2. The minimum absolute atomic E-state index is 0.168. The number of hydrogen-bond donors (Lipinski definition) is 1. The number of nitrogens with one attached hydrogen (secondary N) is 1. The molecule has 21 heavy (non-hydrogen) atoms. The molecule has 0 saturated carbocycles. The monoisotopic (exact) mass is 301 g/mol. The Bertz CT molecular complexity index is 681. The summed E-state index contributed by atoms with van der Waals surface area (Å²) in [5.41, 5.74) is -1.72. The second kappa shape index (κ2) is 5.51. The minimum Gasteiger partial charge on any atom is -0.322 e. The van der Waals surface area contributed by atoms with Gasteiger partial charge in [0.1, 0.15) is 0 Å². The molecule has 2 rings (SSSR count). The van der Waals surface area contributed by atoms with E-state index in [1.54, 1.807) is 0 Å². The summed E-state index contributed by atoms with van der Waals surface area (Å²) in [4.78, 5) is 11.7. The molecule has 0 radical (unpaired) electrons. The van der Waals surface area contributed by atoms with Crippen LogP contribution in [0.5, 0.6) is 0 Å². The summed E-state index contributed by atoms with van der Waals surface area (Å²) in [6.45, 7) is 0. The molecule has 0 fully saturated rings. The Labute approximate surface area is 116 Å². The van der Waals surface area contributed by atoms with E-state index < -0.39 is 34.8 Å². The molecule has 0 aliphatic carbocycles. The first-order valence-corrected chi connectivity index (χ1v) is 5.71. The third-order valence-corrected chi connectivity index (χ3v) is 2.64. The number of anilines is 1. The van der Waals surface area contributed by atoms with Crippen LogP contribution in [0.15, 0.2) is 42.5 Å². The van der Waals surface area contributed by atoms with Crippen LogP contribution in [0, 0.1) is 11.6 Å². The lowest BCUT2D eigenvalue weighted by molar-refractivity contribution is -0.137. The fourth-order valence-electron chi connectivity index (χ4n) is 1.65. The summed E-state index contributed by atoms with van der Waals surface area (Å²) < 4.78 is 64.0. The van der Waals surface area contributed by atoms with Crippen LogP contribution in [0.3, 0.4) is 0 Å². The first-order chi connectivity index (χ1) is 9.79. The number of halogens is 5.